The summed E-state index contributed by atoms with van der Waals surface area (Å²) in [6, 6.07) is 20.6. The summed E-state index contributed by atoms with van der Waals surface area (Å²) >= 11 is 0. The van der Waals surface area contributed by atoms with E-state index in [9.17, 15) is 0 Å². The van der Waals surface area contributed by atoms with Gasteiger partial charge in [-0.05, 0) is 43.4 Å². The van der Waals surface area contributed by atoms with Crippen LogP contribution < -0.4 is 5.32 Å². The van der Waals surface area contributed by atoms with E-state index >= 15 is 0 Å². The summed E-state index contributed by atoms with van der Waals surface area (Å²) in [5.74, 6) is 1.05. The van der Waals surface area contributed by atoms with Crippen LogP contribution in [0.4, 0.5) is 5.95 Å². The summed E-state index contributed by atoms with van der Waals surface area (Å²) in [6.07, 6.45) is 0.963. The van der Waals surface area contributed by atoms with E-state index < -0.39 is 0 Å². The summed E-state index contributed by atoms with van der Waals surface area (Å²) in [5, 5.41) is 7.29. The van der Waals surface area contributed by atoms with Crippen molar-refractivity contribution in [3.8, 4) is 11.5 Å². The molecule has 1 N–H and O–H groups in total. The molecule has 0 saturated carbocycles. The van der Waals surface area contributed by atoms with E-state index in [1.807, 2.05) is 36.4 Å². The van der Waals surface area contributed by atoms with E-state index in [1.54, 1.807) is 0 Å². The molecule has 0 radical (unpaired) electrons. The number of anilines is 1. The van der Waals surface area contributed by atoms with Crippen LogP contribution in [0.15, 0.2) is 65.2 Å². The van der Waals surface area contributed by atoms with Gasteiger partial charge in [0.25, 0.3) is 11.8 Å². The molecular weight excluding hydrogens is 300 g/mol. The van der Waals surface area contributed by atoms with Gasteiger partial charge < -0.3 is 14.7 Å². The molecule has 0 aliphatic carbocycles. The number of nitrogens with zero attached hydrogens (tertiary/aromatic N) is 3. The van der Waals surface area contributed by atoms with Gasteiger partial charge in [-0.15, -0.1) is 0 Å². The van der Waals surface area contributed by atoms with E-state index in [2.05, 4.69) is 58.7 Å². The maximum atomic E-state index is 5.32. The fraction of sp³-hybridized carbons (Fsp3) is 0.263. The highest BCUT2D eigenvalue weighted by Gasteiger charge is 2.14. The molecule has 5 nitrogen and oxygen atoms in total. The lowest BCUT2D eigenvalue weighted by atomic mass is 10.1. The first-order valence-electron chi connectivity index (χ1n) is 8.06. The van der Waals surface area contributed by atoms with Crippen molar-refractivity contribution in [1.82, 2.24) is 15.0 Å². The molecule has 0 saturated heterocycles. The molecule has 3 aromatic rings. The van der Waals surface area contributed by atoms with Gasteiger partial charge in [0.15, 0.2) is 0 Å². The highest BCUT2D eigenvalue weighted by atomic mass is 16.5. The van der Waals surface area contributed by atoms with Crippen LogP contribution in [0.5, 0.6) is 0 Å². The molecule has 124 valence electrons. The second kappa shape index (κ2) is 7.75. The van der Waals surface area contributed by atoms with Crippen molar-refractivity contribution in [2.45, 2.75) is 12.5 Å². The Morgan fingerprint density at radius 3 is 2.33 bits per heavy atom. The molecule has 0 spiro atoms. The Morgan fingerprint density at radius 2 is 1.67 bits per heavy atom. The second-order valence-corrected chi connectivity index (χ2v) is 5.98. The van der Waals surface area contributed by atoms with Crippen molar-refractivity contribution in [2.75, 3.05) is 26.0 Å². The van der Waals surface area contributed by atoms with E-state index in [4.69, 9.17) is 4.52 Å². The Kier molecular flexibility index (Phi) is 5.23. The minimum atomic E-state index is 0.339. The van der Waals surface area contributed by atoms with Crippen molar-refractivity contribution in [3.63, 3.8) is 0 Å². The number of nitrogens with one attached hydrogen (secondary N) is 1. The van der Waals surface area contributed by atoms with Crippen molar-refractivity contribution in [1.29, 1.82) is 0 Å². The van der Waals surface area contributed by atoms with Gasteiger partial charge >= 0.3 is 0 Å². The third kappa shape index (κ3) is 4.20. The maximum absolute atomic E-state index is 5.32. The van der Waals surface area contributed by atoms with Crippen LogP contribution in [0.2, 0.25) is 0 Å². The van der Waals surface area contributed by atoms with Crippen LogP contribution in [0.25, 0.3) is 11.5 Å². The molecule has 0 amide bonds. The van der Waals surface area contributed by atoms with Crippen LogP contribution in [-0.4, -0.2) is 41.7 Å². The van der Waals surface area contributed by atoms with Crippen LogP contribution in [0.3, 0.4) is 0 Å². The third-order valence-electron chi connectivity index (χ3n) is 3.99. The average molecular weight is 322 g/mol. The fourth-order valence-corrected chi connectivity index (χ4v) is 2.53. The zero-order valence-corrected chi connectivity index (χ0v) is 14.0. The molecule has 1 unspecified atom stereocenters. The first kappa shape index (κ1) is 16.2. The molecule has 0 bridgehead atoms. The van der Waals surface area contributed by atoms with Gasteiger partial charge in [-0.3, -0.25) is 0 Å². The lowest BCUT2D eigenvalue weighted by Gasteiger charge is -2.24. The monoisotopic (exact) mass is 322 g/mol. The Balaban J connectivity index is 1.62. The van der Waals surface area contributed by atoms with Gasteiger partial charge in [0, 0.05) is 18.2 Å². The average Bonchev–Trinajstić information content (AvgIpc) is 3.09. The largest absolute Gasteiger partial charge is 0.350 e. The summed E-state index contributed by atoms with van der Waals surface area (Å²) in [5.41, 5.74) is 2.24. The van der Waals surface area contributed by atoms with Gasteiger partial charge in [-0.2, -0.15) is 4.98 Å². The Hall–Kier alpha value is -2.66. The van der Waals surface area contributed by atoms with Gasteiger partial charge in [-0.1, -0.05) is 48.5 Å². The number of rotatable bonds is 7. The molecule has 0 fully saturated rings. The zero-order valence-electron chi connectivity index (χ0n) is 14.0. The second-order valence-electron chi connectivity index (χ2n) is 5.98. The van der Waals surface area contributed by atoms with E-state index in [1.165, 1.54) is 5.56 Å². The van der Waals surface area contributed by atoms with Crippen molar-refractivity contribution >= 4 is 5.95 Å². The predicted molar refractivity (Wildman–Crippen MR) is 95.8 cm³/mol. The molecule has 2 aromatic carbocycles. The lowest BCUT2D eigenvalue weighted by molar-refractivity contribution is 0.302. The quantitative estimate of drug-likeness (QED) is 0.723. The predicted octanol–water partition coefficient (Wildman–Crippen LogP) is 3.32. The van der Waals surface area contributed by atoms with Crippen molar-refractivity contribution in [2.24, 2.45) is 0 Å². The number of aromatic nitrogens is 2. The molecular formula is C19H22N4O. The van der Waals surface area contributed by atoms with Crippen LogP contribution in [0.1, 0.15) is 5.56 Å². The molecule has 5 heteroatoms. The summed E-state index contributed by atoms with van der Waals surface area (Å²) in [4.78, 5) is 6.62. The first-order chi connectivity index (χ1) is 11.7. The number of hydrogen-bond acceptors (Lipinski definition) is 5. The van der Waals surface area contributed by atoms with Crippen LogP contribution in [-0.2, 0) is 6.42 Å². The van der Waals surface area contributed by atoms with Gasteiger partial charge in [0.2, 0.25) is 0 Å². The smallest absolute Gasteiger partial charge is 0.263 e. The maximum Gasteiger partial charge on any atom is 0.263 e. The molecule has 1 heterocycles. The standard InChI is InChI=1S/C19H22N4O/c1-23(2)17(13-15-9-5-3-6-10-15)14-20-19-21-18(24-22-19)16-11-7-4-8-12-16/h3-12,17H,13-14H2,1-2H3,(H,20,22). The lowest BCUT2D eigenvalue weighted by Crippen LogP contribution is -2.36. The number of likely N-dealkylation sites (N-methyl/N-ethyl adjacent to an activating group) is 1. The zero-order chi connectivity index (χ0) is 16.8. The Bertz CT molecular complexity index is 740. The van der Waals surface area contributed by atoms with Crippen molar-refractivity contribution in [3.05, 3.63) is 66.2 Å². The molecule has 0 aliphatic heterocycles. The summed E-state index contributed by atoms with van der Waals surface area (Å²) in [7, 11) is 4.17. The Morgan fingerprint density at radius 1 is 1.00 bits per heavy atom. The minimum Gasteiger partial charge on any atom is -0.350 e. The number of benzene rings is 2. The number of hydrogen-bond donors (Lipinski definition) is 1. The van der Waals surface area contributed by atoms with E-state index in [0.29, 0.717) is 17.9 Å². The Labute approximate surface area is 142 Å². The SMILES string of the molecule is CN(C)C(CNc1noc(-c2ccccc2)n1)Cc1ccccc1. The molecule has 1 aromatic heterocycles. The topological polar surface area (TPSA) is 54.2 Å². The molecule has 24 heavy (non-hydrogen) atoms. The van der Waals surface area contributed by atoms with E-state index in [-0.39, 0.29) is 0 Å². The van der Waals surface area contributed by atoms with Crippen molar-refractivity contribution < 1.29 is 4.52 Å². The minimum absolute atomic E-state index is 0.339. The summed E-state index contributed by atoms with van der Waals surface area (Å²) in [6.45, 7) is 0.746. The molecule has 1 atom stereocenters. The molecule has 3 rings (SSSR count). The first-order valence-corrected chi connectivity index (χ1v) is 8.06. The summed E-state index contributed by atoms with van der Waals surface area (Å²) < 4.78 is 5.32. The van der Waals surface area contributed by atoms with Gasteiger partial charge in [0.05, 0.1) is 0 Å². The van der Waals surface area contributed by atoms with E-state index in [0.717, 1.165) is 18.5 Å². The normalized spacial score (nSPS) is 12.3. The van der Waals surface area contributed by atoms with Crippen LogP contribution in [0, 0.1) is 0 Å². The highest BCUT2D eigenvalue weighted by Crippen LogP contribution is 2.18. The highest BCUT2D eigenvalue weighted by molar-refractivity contribution is 5.53. The third-order valence-corrected chi connectivity index (χ3v) is 3.99. The van der Waals surface area contributed by atoms with Crippen LogP contribution >= 0.6 is 0 Å². The molecule has 0 aliphatic rings. The fourth-order valence-electron chi connectivity index (χ4n) is 2.53. The van der Waals surface area contributed by atoms with Gasteiger partial charge in [0.1, 0.15) is 0 Å². The van der Waals surface area contributed by atoms with Gasteiger partial charge in [-0.25, -0.2) is 0 Å².